The molecule has 1 nitrogen and oxygen atoms in total. The third-order valence-corrected chi connectivity index (χ3v) is 4.33. The summed E-state index contributed by atoms with van der Waals surface area (Å²) in [4.78, 5) is 0. The maximum atomic E-state index is 5.72. The second-order valence-electron chi connectivity index (χ2n) is 3.70. The van der Waals surface area contributed by atoms with Gasteiger partial charge in [0.15, 0.2) is 0 Å². The van der Waals surface area contributed by atoms with Gasteiger partial charge in [-0.1, -0.05) is 0 Å². The number of hydrogen-bond donors (Lipinski definition) is 1. The summed E-state index contributed by atoms with van der Waals surface area (Å²) >= 11 is 0.526. The molecule has 0 saturated carbocycles. The zero-order chi connectivity index (χ0) is 11.9. The second-order valence-corrected chi connectivity index (χ2v) is 5.99. The molecule has 2 aromatic carbocycles. The third-order valence-electron chi connectivity index (χ3n) is 2.31. The standard InChI is InChI=1S/C15H15NSe/c16-14-8-4-6-13(12-14)7-5-11-17-15-9-2-1-3-10-15/h1-10,12H,11,16H2/b7-5+. The van der Waals surface area contributed by atoms with Gasteiger partial charge in [-0.25, -0.2) is 0 Å². The number of benzene rings is 2. The van der Waals surface area contributed by atoms with Crippen LogP contribution >= 0.6 is 0 Å². The Balaban J connectivity index is 1.86. The zero-order valence-corrected chi connectivity index (χ0v) is 11.3. The van der Waals surface area contributed by atoms with Gasteiger partial charge in [0.25, 0.3) is 0 Å². The number of nitrogens with two attached hydrogens (primary N) is 1. The first kappa shape index (κ1) is 12.0. The molecule has 0 atom stereocenters. The SMILES string of the molecule is Nc1cccc(/C=C/C[Se]c2ccccc2)c1. The van der Waals surface area contributed by atoms with Gasteiger partial charge < -0.3 is 0 Å². The van der Waals surface area contributed by atoms with E-state index in [9.17, 15) is 0 Å². The molecule has 0 amide bonds. The van der Waals surface area contributed by atoms with E-state index in [1.54, 1.807) is 0 Å². The molecule has 2 N–H and O–H groups in total. The van der Waals surface area contributed by atoms with E-state index < -0.39 is 0 Å². The molecule has 0 unspecified atom stereocenters. The molecule has 17 heavy (non-hydrogen) atoms. The molecular weight excluding hydrogens is 273 g/mol. The van der Waals surface area contributed by atoms with Gasteiger partial charge in [0.2, 0.25) is 0 Å². The van der Waals surface area contributed by atoms with E-state index in [1.807, 2.05) is 18.2 Å². The van der Waals surface area contributed by atoms with Crippen LogP contribution in [0.5, 0.6) is 0 Å². The predicted molar refractivity (Wildman–Crippen MR) is 76.5 cm³/mol. The molecule has 2 heteroatoms. The summed E-state index contributed by atoms with van der Waals surface area (Å²) in [5, 5.41) is 1.12. The molecule has 0 aromatic heterocycles. The summed E-state index contributed by atoms with van der Waals surface area (Å²) < 4.78 is 1.44. The van der Waals surface area contributed by atoms with Gasteiger partial charge in [0.05, 0.1) is 0 Å². The van der Waals surface area contributed by atoms with Crippen LogP contribution in [0.25, 0.3) is 6.08 Å². The summed E-state index contributed by atoms with van der Waals surface area (Å²) in [5.74, 6) is 0. The van der Waals surface area contributed by atoms with Crippen LogP contribution in [-0.2, 0) is 0 Å². The van der Waals surface area contributed by atoms with Crippen molar-refractivity contribution in [1.29, 1.82) is 0 Å². The summed E-state index contributed by atoms with van der Waals surface area (Å²) in [6, 6.07) is 18.6. The van der Waals surface area contributed by atoms with Crippen LogP contribution in [0.2, 0.25) is 5.32 Å². The topological polar surface area (TPSA) is 26.0 Å². The Bertz CT molecular complexity index is 491. The van der Waals surface area contributed by atoms with Crippen molar-refractivity contribution in [3.05, 3.63) is 66.2 Å². The molecule has 0 radical (unpaired) electrons. The van der Waals surface area contributed by atoms with Crippen LogP contribution in [0, 0.1) is 0 Å². The maximum absolute atomic E-state index is 5.72. The van der Waals surface area contributed by atoms with Crippen molar-refractivity contribution in [2.24, 2.45) is 0 Å². The molecule has 0 aliphatic carbocycles. The van der Waals surface area contributed by atoms with Crippen molar-refractivity contribution >= 4 is 31.2 Å². The second kappa shape index (κ2) is 6.29. The van der Waals surface area contributed by atoms with Gasteiger partial charge in [0, 0.05) is 0 Å². The molecule has 0 heterocycles. The Morgan fingerprint density at radius 1 is 1.00 bits per heavy atom. The minimum atomic E-state index is 0.526. The molecule has 0 fully saturated rings. The predicted octanol–water partition coefficient (Wildman–Crippen LogP) is 2.73. The molecule has 0 saturated heterocycles. The van der Waals surface area contributed by atoms with E-state index in [0.717, 1.165) is 11.0 Å². The van der Waals surface area contributed by atoms with Crippen LogP contribution in [0.15, 0.2) is 60.7 Å². The Morgan fingerprint density at radius 3 is 2.59 bits per heavy atom. The van der Waals surface area contributed by atoms with Crippen molar-refractivity contribution in [3.63, 3.8) is 0 Å². The third kappa shape index (κ3) is 4.10. The van der Waals surface area contributed by atoms with Crippen LogP contribution in [0.4, 0.5) is 5.69 Å². The van der Waals surface area contributed by atoms with Crippen molar-refractivity contribution in [2.75, 3.05) is 5.73 Å². The first-order chi connectivity index (χ1) is 8.34. The molecule has 2 aromatic rings. The van der Waals surface area contributed by atoms with Gasteiger partial charge in [-0.05, 0) is 0 Å². The van der Waals surface area contributed by atoms with Gasteiger partial charge in [-0.3, -0.25) is 0 Å². The number of rotatable bonds is 4. The molecule has 2 rings (SSSR count). The van der Waals surface area contributed by atoms with Gasteiger partial charge in [-0.2, -0.15) is 0 Å². The molecular formula is C15H15NSe. The fraction of sp³-hybridized carbons (Fsp3) is 0.0667. The number of anilines is 1. The Labute approximate surface area is 109 Å². The summed E-state index contributed by atoms with van der Waals surface area (Å²) in [6.07, 6.45) is 4.36. The fourth-order valence-corrected chi connectivity index (χ4v) is 3.05. The summed E-state index contributed by atoms with van der Waals surface area (Å²) in [5.41, 5.74) is 7.72. The minimum absolute atomic E-state index is 0.526. The fourth-order valence-electron chi connectivity index (χ4n) is 1.51. The summed E-state index contributed by atoms with van der Waals surface area (Å²) in [6.45, 7) is 0. The van der Waals surface area contributed by atoms with E-state index in [-0.39, 0.29) is 0 Å². The van der Waals surface area contributed by atoms with Crippen LogP contribution < -0.4 is 10.2 Å². The number of nitrogen functional groups attached to an aromatic ring is 1. The normalized spacial score (nSPS) is 10.8. The first-order valence-corrected chi connectivity index (χ1v) is 7.61. The monoisotopic (exact) mass is 289 g/mol. The average Bonchev–Trinajstić information content (AvgIpc) is 2.36. The van der Waals surface area contributed by atoms with E-state index >= 15 is 0 Å². The quantitative estimate of drug-likeness (QED) is 0.679. The van der Waals surface area contributed by atoms with Crippen molar-refractivity contribution < 1.29 is 0 Å². The number of allylic oxidation sites excluding steroid dienone is 1. The summed E-state index contributed by atoms with van der Waals surface area (Å²) in [7, 11) is 0. The van der Waals surface area contributed by atoms with Crippen molar-refractivity contribution in [1.82, 2.24) is 0 Å². The van der Waals surface area contributed by atoms with Gasteiger partial charge >= 0.3 is 108 Å². The van der Waals surface area contributed by atoms with Crippen molar-refractivity contribution in [2.45, 2.75) is 5.32 Å². The van der Waals surface area contributed by atoms with Crippen LogP contribution in [0.3, 0.4) is 0 Å². The van der Waals surface area contributed by atoms with E-state index in [4.69, 9.17) is 5.73 Å². The average molecular weight is 288 g/mol. The molecule has 86 valence electrons. The Kier molecular flexibility index (Phi) is 4.43. The molecule has 0 spiro atoms. The number of hydrogen-bond acceptors (Lipinski definition) is 1. The zero-order valence-electron chi connectivity index (χ0n) is 9.54. The van der Waals surface area contributed by atoms with E-state index in [1.165, 1.54) is 10.0 Å². The van der Waals surface area contributed by atoms with E-state index in [0.29, 0.717) is 15.0 Å². The Morgan fingerprint density at radius 2 is 1.82 bits per heavy atom. The Hall–Kier alpha value is -1.50. The molecule has 0 aliphatic rings. The molecule has 0 aliphatic heterocycles. The van der Waals surface area contributed by atoms with E-state index in [2.05, 4.69) is 48.6 Å². The van der Waals surface area contributed by atoms with Crippen molar-refractivity contribution in [3.8, 4) is 0 Å². The molecule has 0 bridgehead atoms. The van der Waals surface area contributed by atoms with Crippen LogP contribution in [0.1, 0.15) is 5.56 Å². The first-order valence-electron chi connectivity index (χ1n) is 5.54. The van der Waals surface area contributed by atoms with Crippen LogP contribution in [-0.4, -0.2) is 15.0 Å². The van der Waals surface area contributed by atoms with Gasteiger partial charge in [0.1, 0.15) is 0 Å². The van der Waals surface area contributed by atoms with Gasteiger partial charge in [-0.15, -0.1) is 0 Å².